The van der Waals surface area contributed by atoms with E-state index in [2.05, 4.69) is 15.3 Å². The lowest BCUT2D eigenvalue weighted by Gasteiger charge is -2.17. The van der Waals surface area contributed by atoms with Gasteiger partial charge in [-0.2, -0.15) is 0 Å². The van der Waals surface area contributed by atoms with Crippen LogP contribution in [0.15, 0.2) is 60.9 Å². The Bertz CT molecular complexity index is 996. The second-order valence-electron chi connectivity index (χ2n) is 6.00. The largest absolute Gasteiger partial charge is 0.424 e. The highest BCUT2D eigenvalue weighted by atomic mass is 31.2. The minimum atomic E-state index is -3.14. The SMILES string of the molecule is CCOP(=O)(CC)Oc1cccc(Nc2cc(-c3cccc(N)c3)ncn2)c1. The van der Waals surface area contributed by atoms with Crippen molar-refractivity contribution in [2.24, 2.45) is 0 Å². The highest BCUT2D eigenvalue weighted by Gasteiger charge is 2.22. The first-order valence-electron chi connectivity index (χ1n) is 8.99. The molecule has 0 amide bonds. The third-order valence-electron chi connectivity index (χ3n) is 3.91. The van der Waals surface area contributed by atoms with Crippen LogP contribution in [0.4, 0.5) is 17.2 Å². The molecule has 7 nitrogen and oxygen atoms in total. The van der Waals surface area contributed by atoms with E-state index in [0.717, 1.165) is 16.9 Å². The predicted molar refractivity (Wildman–Crippen MR) is 112 cm³/mol. The smallest absolute Gasteiger partial charge is 0.378 e. The van der Waals surface area contributed by atoms with E-state index >= 15 is 0 Å². The molecule has 0 aliphatic heterocycles. The lowest BCUT2D eigenvalue weighted by molar-refractivity contribution is 0.280. The van der Waals surface area contributed by atoms with Gasteiger partial charge < -0.3 is 20.1 Å². The van der Waals surface area contributed by atoms with Gasteiger partial charge >= 0.3 is 7.60 Å². The summed E-state index contributed by atoms with van der Waals surface area (Å²) in [5, 5.41) is 3.21. The molecule has 0 aliphatic carbocycles. The minimum absolute atomic E-state index is 0.300. The predicted octanol–water partition coefficient (Wildman–Crippen LogP) is 5.10. The summed E-state index contributed by atoms with van der Waals surface area (Å²) in [6.45, 7) is 3.89. The van der Waals surface area contributed by atoms with Gasteiger partial charge in [0.15, 0.2) is 0 Å². The fraction of sp³-hybridized carbons (Fsp3) is 0.200. The van der Waals surface area contributed by atoms with Crippen molar-refractivity contribution < 1.29 is 13.6 Å². The number of nitrogens with two attached hydrogens (primary N) is 1. The van der Waals surface area contributed by atoms with Gasteiger partial charge in [0.1, 0.15) is 17.9 Å². The molecule has 0 saturated heterocycles. The molecule has 3 N–H and O–H groups in total. The summed E-state index contributed by atoms with van der Waals surface area (Å²) >= 11 is 0. The van der Waals surface area contributed by atoms with Gasteiger partial charge in [0.05, 0.1) is 18.5 Å². The molecule has 8 heteroatoms. The van der Waals surface area contributed by atoms with Crippen molar-refractivity contribution in [1.29, 1.82) is 0 Å². The fourth-order valence-electron chi connectivity index (χ4n) is 2.60. The number of nitrogens with one attached hydrogen (secondary N) is 1. The maximum atomic E-state index is 12.6. The molecule has 0 bridgehead atoms. The Morgan fingerprint density at radius 2 is 1.89 bits per heavy atom. The van der Waals surface area contributed by atoms with Crippen LogP contribution in [-0.4, -0.2) is 22.7 Å². The fourth-order valence-corrected chi connectivity index (χ4v) is 3.79. The van der Waals surface area contributed by atoms with Gasteiger partial charge in [0.2, 0.25) is 0 Å². The summed E-state index contributed by atoms with van der Waals surface area (Å²) in [4.78, 5) is 8.56. The van der Waals surface area contributed by atoms with Crippen LogP contribution in [-0.2, 0) is 9.09 Å². The molecular formula is C20H23N4O3P. The van der Waals surface area contributed by atoms with Gasteiger partial charge in [-0.3, -0.25) is 0 Å². The second kappa shape index (κ2) is 8.87. The van der Waals surface area contributed by atoms with E-state index in [1.807, 2.05) is 42.5 Å². The van der Waals surface area contributed by atoms with E-state index in [4.69, 9.17) is 14.8 Å². The van der Waals surface area contributed by atoms with E-state index in [1.165, 1.54) is 6.33 Å². The van der Waals surface area contributed by atoms with E-state index in [0.29, 0.717) is 30.0 Å². The first-order valence-corrected chi connectivity index (χ1v) is 10.7. The van der Waals surface area contributed by atoms with Crippen molar-refractivity contribution in [3.63, 3.8) is 0 Å². The molecule has 2 aromatic carbocycles. The van der Waals surface area contributed by atoms with Gasteiger partial charge in [0, 0.05) is 29.1 Å². The van der Waals surface area contributed by atoms with Crippen molar-refractivity contribution in [2.75, 3.05) is 23.8 Å². The lowest BCUT2D eigenvalue weighted by Crippen LogP contribution is -2.01. The Kier molecular flexibility index (Phi) is 6.29. The summed E-state index contributed by atoms with van der Waals surface area (Å²) in [6, 6.07) is 16.5. The van der Waals surface area contributed by atoms with Gasteiger partial charge in [-0.15, -0.1) is 0 Å². The van der Waals surface area contributed by atoms with Gasteiger partial charge in [0.25, 0.3) is 0 Å². The van der Waals surface area contributed by atoms with E-state index in [9.17, 15) is 4.57 Å². The normalized spacial score (nSPS) is 12.9. The molecule has 1 unspecified atom stereocenters. The number of nitrogen functional groups attached to an aromatic ring is 1. The molecule has 28 heavy (non-hydrogen) atoms. The van der Waals surface area contributed by atoms with Crippen LogP contribution >= 0.6 is 7.60 Å². The van der Waals surface area contributed by atoms with E-state index in [-0.39, 0.29) is 0 Å². The Hall–Kier alpha value is -2.89. The molecule has 0 saturated carbocycles. The summed E-state index contributed by atoms with van der Waals surface area (Å²) in [6.07, 6.45) is 1.79. The number of benzene rings is 2. The summed E-state index contributed by atoms with van der Waals surface area (Å²) < 4.78 is 23.5. The molecule has 3 rings (SSSR count). The Balaban J connectivity index is 1.79. The van der Waals surface area contributed by atoms with Crippen LogP contribution in [0.1, 0.15) is 13.8 Å². The molecule has 0 spiro atoms. The van der Waals surface area contributed by atoms with Crippen LogP contribution in [0.2, 0.25) is 0 Å². The molecule has 1 atom stereocenters. The molecule has 0 aliphatic rings. The first-order chi connectivity index (χ1) is 13.5. The standard InChI is InChI=1S/C20H23N4O3P/c1-3-26-28(25,4-2)27-18-10-6-9-17(12-18)24-20-13-19(22-14-23-20)15-7-5-8-16(21)11-15/h5-14H,3-4,21H2,1-2H3,(H,22,23,24). The van der Waals surface area contributed by atoms with Crippen LogP contribution in [0, 0.1) is 0 Å². The van der Waals surface area contributed by atoms with Gasteiger partial charge in [-0.25, -0.2) is 14.5 Å². The minimum Gasteiger partial charge on any atom is -0.424 e. The van der Waals surface area contributed by atoms with Crippen LogP contribution in [0.25, 0.3) is 11.3 Å². The highest BCUT2D eigenvalue weighted by molar-refractivity contribution is 7.54. The summed E-state index contributed by atoms with van der Waals surface area (Å²) in [5.74, 6) is 1.09. The zero-order valence-electron chi connectivity index (χ0n) is 15.8. The molecule has 0 fully saturated rings. The zero-order valence-corrected chi connectivity index (χ0v) is 16.7. The zero-order chi connectivity index (χ0) is 20.0. The molecule has 0 radical (unpaired) electrons. The molecule has 1 heterocycles. The molecule has 146 valence electrons. The highest BCUT2D eigenvalue weighted by Crippen LogP contribution is 2.48. The third kappa shape index (κ3) is 5.09. The lowest BCUT2D eigenvalue weighted by atomic mass is 10.1. The average molecular weight is 398 g/mol. The third-order valence-corrected chi connectivity index (χ3v) is 5.83. The summed E-state index contributed by atoms with van der Waals surface area (Å²) in [7, 11) is -3.14. The molecular weight excluding hydrogens is 375 g/mol. The monoisotopic (exact) mass is 398 g/mol. The maximum absolute atomic E-state index is 12.6. The van der Waals surface area contributed by atoms with Crippen LogP contribution in [0.3, 0.4) is 0 Å². The van der Waals surface area contributed by atoms with Crippen LogP contribution < -0.4 is 15.6 Å². The Morgan fingerprint density at radius 3 is 2.64 bits per heavy atom. The molecule has 3 aromatic rings. The Morgan fingerprint density at radius 1 is 1.07 bits per heavy atom. The quantitative estimate of drug-likeness (QED) is 0.402. The Labute approximate surface area is 164 Å². The average Bonchev–Trinajstić information content (AvgIpc) is 2.69. The number of rotatable bonds is 8. The van der Waals surface area contributed by atoms with Crippen molar-refractivity contribution in [3.8, 4) is 17.0 Å². The second-order valence-corrected chi connectivity index (χ2v) is 8.30. The molecule has 1 aromatic heterocycles. The van der Waals surface area contributed by atoms with Crippen LogP contribution in [0.5, 0.6) is 5.75 Å². The van der Waals surface area contributed by atoms with Gasteiger partial charge in [-0.05, 0) is 31.2 Å². The van der Waals surface area contributed by atoms with Crippen molar-refractivity contribution >= 4 is 24.8 Å². The topological polar surface area (TPSA) is 99.4 Å². The number of nitrogens with zero attached hydrogens (tertiary/aromatic N) is 2. The maximum Gasteiger partial charge on any atom is 0.378 e. The number of hydrogen-bond acceptors (Lipinski definition) is 7. The number of anilines is 3. The van der Waals surface area contributed by atoms with Crippen molar-refractivity contribution in [3.05, 3.63) is 60.9 Å². The summed E-state index contributed by atoms with van der Waals surface area (Å²) in [5.41, 5.74) is 8.93. The van der Waals surface area contributed by atoms with Crippen molar-refractivity contribution in [2.45, 2.75) is 13.8 Å². The van der Waals surface area contributed by atoms with E-state index < -0.39 is 7.60 Å². The number of aromatic nitrogens is 2. The first kappa shape index (κ1) is 19.9. The van der Waals surface area contributed by atoms with Crippen molar-refractivity contribution in [1.82, 2.24) is 9.97 Å². The number of hydrogen-bond donors (Lipinski definition) is 2. The van der Waals surface area contributed by atoms with Gasteiger partial charge in [-0.1, -0.05) is 25.1 Å². The van der Waals surface area contributed by atoms with E-state index in [1.54, 1.807) is 26.0 Å².